The van der Waals surface area contributed by atoms with Gasteiger partial charge in [0.1, 0.15) is 0 Å². The van der Waals surface area contributed by atoms with Gasteiger partial charge in [-0.3, -0.25) is 0 Å². The van der Waals surface area contributed by atoms with Gasteiger partial charge in [-0.05, 0) is 50.1 Å². The number of rotatable bonds is 3. The first kappa shape index (κ1) is 14.6. The zero-order chi connectivity index (χ0) is 15.1. The van der Waals surface area contributed by atoms with Gasteiger partial charge in [0.05, 0.1) is 17.8 Å². The van der Waals surface area contributed by atoms with E-state index in [0.717, 1.165) is 5.56 Å². The standard InChI is InChI=1S/C17H21BO3/c1-16(2)17(3,4)21-18(20-16)19-12-13-9-10-14-7-5-6-8-15(14)11-13/h5-11H,12H2,1-4H3. The molecular weight excluding hydrogens is 263 g/mol. The van der Waals surface area contributed by atoms with Crippen LogP contribution in [0.5, 0.6) is 0 Å². The van der Waals surface area contributed by atoms with Gasteiger partial charge in [-0.1, -0.05) is 36.4 Å². The minimum absolute atomic E-state index is 0.360. The smallest absolute Gasteiger partial charge is 0.382 e. The largest absolute Gasteiger partial charge is 0.640 e. The first-order valence-corrected chi connectivity index (χ1v) is 7.32. The van der Waals surface area contributed by atoms with Gasteiger partial charge in [-0.25, -0.2) is 0 Å². The Kier molecular flexibility index (Phi) is 3.56. The molecule has 1 saturated heterocycles. The Morgan fingerprint density at radius 1 is 0.905 bits per heavy atom. The summed E-state index contributed by atoms with van der Waals surface area (Å²) in [4.78, 5) is 0. The second-order valence-electron chi connectivity index (χ2n) is 6.54. The zero-order valence-corrected chi connectivity index (χ0v) is 13.1. The van der Waals surface area contributed by atoms with Crippen LogP contribution < -0.4 is 0 Å². The number of benzene rings is 2. The Balaban J connectivity index is 1.67. The van der Waals surface area contributed by atoms with Crippen LogP contribution in [-0.4, -0.2) is 18.5 Å². The quantitative estimate of drug-likeness (QED) is 0.799. The highest BCUT2D eigenvalue weighted by molar-refractivity contribution is 6.37. The van der Waals surface area contributed by atoms with Crippen LogP contribution >= 0.6 is 0 Å². The molecule has 1 heterocycles. The molecular formula is C17H21BO3. The highest BCUT2D eigenvalue weighted by Crippen LogP contribution is 2.37. The van der Waals surface area contributed by atoms with Crippen molar-refractivity contribution in [3.63, 3.8) is 0 Å². The maximum Gasteiger partial charge on any atom is 0.640 e. The van der Waals surface area contributed by atoms with Crippen molar-refractivity contribution in [2.45, 2.75) is 45.5 Å². The first-order valence-electron chi connectivity index (χ1n) is 7.32. The van der Waals surface area contributed by atoms with Crippen LogP contribution in [0.1, 0.15) is 33.3 Å². The Morgan fingerprint density at radius 3 is 2.19 bits per heavy atom. The molecule has 21 heavy (non-hydrogen) atoms. The average Bonchev–Trinajstić information content (AvgIpc) is 2.64. The summed E-state index contributed by atoms with van der Waals surface area (Å²) in [6.07, 6.45) is 0. The molecule has 0 aliphatic carbocycles. The van der Waals surface area contributed by atoms with E-state index in [1.54, 1.807) is 0 Å². The third-order valence-electron chi connectivity index (χ3n) is 4.43. The second-order valence-corrected chi connectivity index (χ2v) is 6.54. The van der Waals surface area contributed by atoms with Crippen LogP contribution in [0.3, 0.4) is 0 Å². The monoisotopic (exact) mass is 284 g/mol. The van der Waals surface area contributed by atoms with Gasteiger partial charge >= 0.3 is 7.32 Å². The molecule has 2 aromatic rings. The van der Waals surface area contributed by atoms with Crippen molar-refractivity contribution in [1.29, 1.82) is 0 Å². The van der Waals surface area contributed by atoms with Gasteiger partial charge in [0.25, 0.3) is 0 Å². The normalized spacial score (nSPS) is 20.1. The van der Waals surface area contributed by atoms with Gasteiger partial charge in [0.2, 0.25) is 0 Å². The molecule has 0 unspecified atom stereocenters. The minimum atomic E-state index is -0.610. The summed E-state index contributed by atoms with van der Waals surface area (Å²) in [6.45, 7) is 8.55. The molecule has 1 fully saturated rings. The summed E-state index contributed by atoms with van der Waals surface area (Å²) >= 11 is 0. The van der Waals surface area contributed by atoms with Crippen molar-refractivity contribution in [3.8, 4) is 0 Å². The molecule has 1 aliphatic rings. The van der Waals surface area contributed by atoms with Gasteiger partial charge in [-0.2, -0.15) is 0 Å². The lowest BCUT2D eigenvalue weighted by Crippen LogP contribution is -2.41. The molecule has 0 spiro atoms. The van der Waals surface area contributed by atoms with E-state index in [1.165, 1.54) is 10.8 Å². The number of hydrogen-bond donors (Lipinski definition) is 0. The molecule has 110 valence electrons. The second kappa shape index (κ2) is 5.13. The predicted molar refractivity (Wildman–Crippen MR) is 84.8 cm³/mol. The van der Waals surface area contributed by atoms with Crippen molar-refractivity contribution >= 4 is 18.1 Å². The molecule has 4 heteroatoms. The van der Waals surface area contributed by atoms with Crippen LogP contribution in [0.4, 0.5) is 0 Å². The molecule has 1 aliphatic heterocycles. The summed E-state index contributed by atoms with van der Waals surface area (Å²) in [5.41, 5.74) is 0.394. The SMILES string of the molecule is CC1(C)OB(OCc2ccc3ccccc3c2)OC1(C)C. The molecule has 0 aromatic heterocycles. The Bertz CT molecular complexity index is 635. The lowest BCUT2D eigenvalue weighted by atomic mass is 9.90. The minimum Gasteiger partial charge on any atom is -0.382 e. The van der Waals surface area contributed by atoms with Gasteiger partial charge in [0, 0.05) is 0 Å². The predicted octanol–water partition coefficient (Wildman–Crippen LogP) is 3.95. The number of fused-ring (bicyclic) bond motifs is 1. The molecule has 0 N–H and O–H groups in total. The van der Waals surface area contributed by atoms with E-state index in [4.69, 9.17) is 14.0 Å². The summed E-state index contributed by atoms with van der Waals surface area (Å²) in [5.74, 6) is 0. The van der Waals surface area contributed by atoms with E-state index in [1.807, 2.05) is 39.8 Å². The van der Waals surface area contributed by atoms with Crippen LogP contribution in [0, 0.1) is 0 Å². The third kappa shape index (κ3) is 2.84. The summed E-state index contributed by atoms with van der Waals surface area (Å²) in [7, 11) is -0.610. The maximum absolute atomic E-state index is 5.83. The Morgan fingerprint density at radius 2 is 1.52 bits per heavy atom. The summed E-state index contributed by atoms with van der Waals surface area (Å²) < 4.78 is 17.4. The maximum atomic E-state index is 5.83. The van der Waals surface area contributed by atoms with Crippen molar-refractivity contribution in [1.82, 2.24) is 0 Å². The van der Waals surface area contributed by atoms with E-state index in [9.17, 15) is 0 Å². The topological polar surface area (TPSA) is 27.7 Å². The molecule has 0 atom stereocenters. The van der Waals surface area contributed by atoms with Gasteiger partial charge in [0.15, 0.2) is 0 Å². The van der Waals surface area contributed by atoms with E-state index in [2.05, 4.69) is 30.3 Å². The highest BCUT2D eigenvalue weighted by atomic mass is 16.8. The van der Waals surface area contributed by atoms with Gasteiger partial charge in [-0.15, -0.1) is 0 Å². The van der Waals surface area contributed by atoms with Crippen molar-refractivity contribution < 1.29 is 14.0 Å². The van der Waals surface area contributed by atoms with E-state index in [-0.39, 0.29) is 11.2 Å². The first-order chi connectivity index (χ1) is 9.87. The van der Waals surface area contributed by atoms with Crippen molar-refractivity contribution in [3.05, 3.63) is 48.0 Å². The van der Waals surface area contributed by atoms with E-state index >= 15 is 0 Å². The molecule has 0 bridgehead atoms. The van der Waals surface area contributed by atoms with E-state index in [0.29, 0.717) is 6.61 Å². The Hall–Kier alpha value is -1.36. The van der Waals surface area contributed by atoms with Crippen molar-refractivity contribution in [2.24, 2.45) is 0 Å². The van der Waals surface area contributed by atoms with E-state index < -0.39 is 7.32 Å². The fourth-order valence-electron chi connectivity index (χ4n) is 2.35. The third-order valence-corrected chi connectivity index (χ3v) is 4.43. The number of hydrogen-bond acceptors (Lipinski definition) is 3. The van der Waals surface area contributed by atoms with Crippen LogP contribution in [0.15, 0.2) is 42.5 Å². The molecule has 2 aromatic carbocycles. The summed E-state index contributed by atoms with van der Waals surface area (Å²) in [6, 6.07) is 14.6. The highest BCUT2D eigenvalue weighted by Gasteiger charge is 2.52. The van der Waals surface area contributed by atoms with Crippen LogP contribution in [0.25, 0.3) is 10.8 Å². The molecule has 3 nitrogen and oxygen atoms in total. The fraction of sp³-hybridized carbons (Fsp3) is 0.412. The Labute approximate surface area is 126 Å². The lowest BCUT2D eigenvalue weighted by Gasteiger charge is -2.31. The molecule has 0 amide bonds. The van der Waals surface area contributed by atoms with Crippen LogP contribution in [-0.2, 0) is 20.6 Å². The zero-order valence-electron chi connectivity index (χ0n) is 13.1. The molecule has 3 rings (SSSR count). The summed E-state index contributed by atoms with van der Waals surface area (Å²) in [5, 5.41) is 2.45. The van der Waals surface area contributed by atoms with Crippen molar-refractivity contribution in [2.75, 3.05) is 0 Å². The fourth-order valence-corrected chi connectivity index (χ4v) is 2.35. The molecule has 0 radical (unpaired) electrons. The molecule has 0 saturated carbocycles. The lowest BCUT2D eigenvalue weighted by molar-refractivity contribution is 0.00578. The average molecular weight is 284 g/mol. The van der Waals surface area contributed by atoms with Gasteiger partial charge < -0.3 is 14.0 Å². The van der Waals surface area contributed by atoms with Crippen LogP contribution in [0.2, 0.25) is 0 Å².